The van der Waals surface area contributed by atoms with Crippen LogP contribution in [-0.2, 0) is 17.2 Å². The number of nitrogens with zero attached hydrogens (tertiary/aromatic N) is 1. The Balaban J connectivity index is 2.20. The molecule has 2 heterocycles. The molecule has 10 heteroatoms. The van der Waals surface area contributed by atoms with Gasteiger partial charge in [0, 0.05) is 11.5 Å². The van der Waals surface area contributed by atoms with Gasteiger partial charge in [-0.2, -0.15) is 13.2 Å². The average Bonchev–Trinajstić information content (AvgIpc) is 2.92. The van der Waals surface area contributed by atoms with Crippen LogP contribution in [0.4, 0.5) is 18.9 Å². The van der Waals surface area contributed by atoms with E-state index in [9.17, 15) is 32.3 Å². The zero-order valence-electron chi connectivity index (χ0n) is 12.7. The largest absolute Gasteiger partial charge is 0.414 e. The van der Waals surface area contributed by atoms with Crippen molar-refractivity contribution >= 4 is 38.2 Å². The molecule has 0 saturated carbocycles. The van der Waals surface area contributed by atoms with E-state index in [2.05, 4.69) is 0 Å². The van der Waals surface area contributed by atoms with Crippen LogP contribution in [0.3, 0.4) is 0 Å². The fourth-order valence-electron chi connectivity index (χ4n) is 3.27. The molecule has 0 radical (unpaired) electrons. The van der Waals surface area contributed by atoms with E-state index in [0.717, 1.165) is 0 Å². The number of non-ortho nitro benzene ring substituents is 1. The van der Waals surface area contributed by atoms with Gasteiger partial charge in [0.15, 0.2) is 0 Å². The Labute approximate surface area is 144 Å². The summed E-state index contributed by atoms with van der Waals surface area (Å²) < 4.78 is 56.8. The van der Waals surface area contributed by atoms with Gasteiger partial charge in [-0.25, -0.2) is 4.79 Å². The van der Waals surface area contributed by atoms with Gasteiger partial charge in [-0.3, -0.25) is 14.3 Å². The second-order valence-electron chi connectivity index (χ2n) is 5.81. The van der Waals surface area contributed by atoms with Crippen molar-refractivity contribution in [1.29, 1.82) is 0 Å². The third kappa shape index (κ3) is 2.25. The van der Waals surface area contributed by atoms with E-state index in [-0.39, 0.29) is 10.9 Å². The number of hydrogen-bond acceptors (Lipinski definition) is 5. The first-order chi connectivity index (χ1) is 12.2. The Hall–Kier alpha value is -2.75. The normalized spacial score (nSPS) is 19.8. The quantitative estimate of drug-likeness (QED) is 0.278. The van der Waals surface area contributed by atoms with Gasteiger partial charge in [0.25, 0.3) is 0 Å². The Morgan fingerprint density at radius 2 is 1.96 bits per heavy atom. The monoisotopic (exact) mass is 383 g/mol. The highest BCUT2D eigenvalue weighted by molar-refractivity contribution is 7.86. The van der Waals surface area contributed by atoms with Crippen molar-refractivity contribution in [1.82, 2.24) is 0 Å². The Morgan fingerprint density at radius 1 is 1.27 bits per heavy atom. The van der Waals surface area contributed by atoms with Gasteiger partial charge in [0.05, 0.1) is 15.7 Å². The van der Waals surface area contributed by atoms with Gasteiger partial charge < -0.3 is 4.42 Å². The van der Waals surface area contributed by atoms with Crippen molar-refractivity contribution < 1.29 is 26.7 Å². The van der Waals surface area contributed by atoms with Gasteiger partial charge in [0.1, 0.15) is 10.1 Å². The van der Waals surface area contributed by atoms with E-state index in [1.807, 2.05) is 0 Å². The highest BCUT2D eigenvalue weighted by atomic mass is 32.2. The number of halogens is 3. The van der Waals surface area contributed by atoms with E-state index in [1.165, 1.54) is 6.07 Å². The van der Waals surface area contributed by atoms with Gasteiger partial charge in [-0.15, -0.1) is 0 Å². The Morgan fingerprint density at radius 3 is 2.62 bits per heavy atom. The van der Waals surface area contributed by atoms with Gasteiger partial charge in [-0.05, 0) is 22.8 Å². The summed E-state index contributed by atoms with van der Waals surface area (Å²) in [4.78, 5) is 22.2. The first-order valence-corrected chi connectivity index (χ1v) is 8.54. The summed E-state index contributed by atoms with van der Waals surface area (Å²) in [5, 5.41) is 9.95. The number of alkyl halides is 3. The van der Waals surface area contributed by atoms with Crippen LogP contribution in [0.2, 0.25) is 0 Å². The summed E-state index contributed by atoms with van der Waals surface area (Å²) in [6.45, 7) is 0. The summed E-state index contributed by atoms with van der Waals surface area (Å²) in [7, 11) is -2.63. The van der Waals surface area contributed by atoms with Crippen LogP contribution in [0, 0.1) is 10.1 Å². The lowest BCUT2D eigenvalue weighted by molar-refractivity contribution is -0.383. The lowest BCUT2D eigenvalue weighted by Crippen LogP contribution is -2.31. The third-order valence-corrected chi connectivity index (χ3v) is 6.12. The molecule has 6 nitrogen and oxygen atoms in total. The minimum atomic E-state index is -4.78. The smallest absolute Gasteiger partial charge is 0.403 e. The molecule has 3 aromatic rings. The van der Waals surface area contributed by atoms with Crippen LogP contribution >= 0.6 is 0 Å². The summed E-state index contributed by atoms with van der Waals surface area (Å²) >= 11 is 0. The molecular formula is C16H8F3NO5S. The summed E-state index contributed by atoms with van der Waals surface area (Å²) in [5.74, 6) is 0. The Bertz CT molecular complexity index is 1180. The van der Waals surface area contributed by atoms with E-state index < -0.39 is 55.4 Å². The zero-order valence-corrected chi connectivity index (χ0v) is 13.5. The molecule has 134 valence electrons. The number of fused-ring (bicyclic) bond motifs is 5. The highest BCUT2D eigenvalue weighted by Gasteiger charge is 2.50. The summed E-state index contributed by atoms with van der Waals surface area (Å²) in [6.07, 6.45) is -5.47. The Kier molecular flexibility index (Phi) is 3.45. The molecule has 1 aliphatic rings. The zero-order chi connectivity index (χ0) is 18.8. The van der Waals surface area contributed by atoms with Crippen molar-refractivity contribution in [3.05, 3.63) is 56.4 Å². The number of rotatable bonds is 1. The van der Waals surface area contributed by atoms with Gasteiger partial charge >= 0.3 is 17.5 Å². The van der Waals surface area contributed by atoms with E-state index in [0.29, 0.717) is 10.8 Å². The minimum Gasteiger partial charge on any atom is -0.414 e. The lowest BCUT2D eigenvalue weighted by atomic mass is 9.98. The van der Waals surface area contributed by atoms with Crippen LogP contribution in [0.1, 0.15) is 5.56 Å². The SMILES string of the molecule is O=c1oc2c([N+](=O)[O-])cc3ccccc3c2c2c1S(=O)C(C(F)(F)F)C2. The van der Waals surface area contributed by atoms with Crippen LogP contribution in [0.5, 0.6) is 0 Å². The standard InChI is InChI=1S/C16H8F3NO5S/c17-16(18,19)11-6-9-12-8-4-2-1-3-7(8)5-10(20(22)23)13(12)25-15(21)14(9)26(11)24/h1-5,11H,6H2. The van der Waals surface area contributed by atoms with Gasteiger partial charge in [0.2, 0.25) is 5.58 Å². The molecule has 4 rings (SSSR count). The molecule has 0 aliphatic carbocycles. The molecule has 0 N–H and O–H groups in total. The molecule has 1 aliphatic heterocycles. The molecule has 26 heavy (non-hydrogen) atoms. The maximum atomic E-state index is 13.2. The summed E-state index contributed by atoms with van der Waals surface area (Å²) in [6, 6.07) is 7.55. The fourth-order valence-corrected chi connectivity index (χ4v) is 4.75. The van der Waals surface area contributed by atoms with Gasteiger partial charge in [-0.1, -0.05) is 24.3 Å². The predicted molar refractivity (Wildman–Crippen MR) is 86.6 cm³/mol. The van der Waals surface area contributed by atoms with Crippen molar-refractivity contribution in [2.45, 2.75) is 22.7 Å². The maximum absolute atomic E-state index is 13.2. The maximum Gasteiger partial charge on any atom is 0.403 e. The van der Waals surface area contributed by atoms with Crippen molar-refractivity contribution in [3.8, 4) is 0 Å². The molecular weight excluding hydrogens is 375 g/mol. The molecule has 2 atom stereocenters. The first-order valence-electron chi connectivity index (χ1n) is 7.33. The first kappa shape index (κ1) is 16.7. The predicted octanol–water partition coefficient (Wildman–Crippen LogP) is 3.45. The topological polar surface area (TPSA) is 90.4 Å². The van der Waals surface area contributed by atoms with E-state index in [1.54, 1.807) is 24.3 Å². The average molecular weight is 383 g/mol. The molecule has 0 spiro atoms. The third-order valence-electron chi connectivity index (χ3n) is 4.35. The molecule has 2 unspecified atom stereocenters. The molecule has 1 aromatic heterocycles. The van der Waals surface area contributed by atoms with Crippen LogP contribution in [0.15, 0.2) is 44.4 Å². The number of benzene rings is 2. The second kappa shape index (κ2) is 5.37. The number of nitro benzene ring substituents is 1. The van der Waals surface area contributed by atoms with Crippen molar-refractivity contribution in [3.63, 3.8) is 0 Å². The number of hydrogen-bond donors (Lipinski definition) is 0. The minimum absolute atomic E-state index is 0.0319. The lowest BCUT2D eigenvalue weighted by Gasteiger charge is -2.12. The van der Waals surface area contributed by atoms with Crippen LogP contribution in [-0.4, -0.2) is 20.6 Å². The second-order valence-corrected chi connectivity index (χ2v) is 7.38. The fraction of sp³-hybridized carbons (Fsp3) is 0.188. The number of nitro groups is 1. The summed E-state index contributed by atoms with van der Waals surface area (Å²) in [5.41, 5.74) is -2.27. The van der Waals surface area contributed by atoms with E-state index >= 15 is 0 Å². The molecule has 0 saturated heterocycles. The van der Waals surface area contributed by atoms with Crippen molar-refractivity contribution in [2.75, 3.05) is 0 Å². The highest BCUT2D eigenvalue weighted by Crippen LogP contribution is 2.43. The molecule has 2 aromatic carbocycles. The van der Waals surface area contributed by atoms with Crippen molar-refractivity contribution in [2.24, 2.45) is 0 Å². The van der Waals surface area contributed by atoms with E-state index in [4.69, 9.17) is 4.42 Å². The molecule has 0 amide bonds. The van der Waals surface area contributed by atoms with Crippen LogP contribution < -0.4 is 5.63 Å². The molecule has 0 bridgehead atoms. The molecule has 0 fully saturated rings. The van der Waals surface area contributed by atoms with Crippen LogP contribution in [0.25, 0.3) is 21.7 Å².